The molecule has 0 saturated carbocycles. The molecule has 0 aliphatic carbocycles. The Hall–Kier alpha value is -1.92. The van der Waals surface area contributed by atoms with Crippen LogP contribution in [0.2, 0.25) is 5.02 Å². The molecular formula is C18H19ClN4OS. The lowest BCUT2D eigenvalue weighted by molar-refractivity contribution is 0.480. The van der Waals surface area contributed by atoms with E-state index in [1.54, 1.807) is 10.8 Å². The third-order valence-electron chi connectivity index (χ3n) is 3.77. The summed E-state index contributed by atoms with van der Waals surface area (Å²) in [5.41, 5.74) is 1.71. The first-order chi connectivity index (χ1) is 12.0. The quantitative estimate of drug-likeness (QED) is 0.478. The number of halogens is 1. The van der Waals surface area contributed by atoms with Crippen molar-refractivity contribution >= 4 is 34.5 Å². The molecule has 1 aromatic carbocycles. The van der Waals surface area contributed by atoms with E-state index in [1.165, 1.54) is 18.0 Å². The maximum absolute atomic E-state index is 12.8. The van der Waals surface area contributed by atoms with Crippen LogP contribution in [0.3, 0.4) is 0 Å². The Labute approximate surface area is 155 Å². The number of hydrogen-bond donors (Lipinski definition) is 0. The van der Waals surface area contributed by atoms with Crippen LogP contribution < -0.4 is 5.56 Å². The summed E-state index contributed by atoms with van der Waals surface area (Å²) in [5, 5.41) is 1.38. The molecule has 0 aliphatic rings. The number of fused-ring (bicyclic) bond motifs is 1. The largest absolute Gasteiger partial charge is 0.286 e. The Balaban J connectivity index is 1.94. The number of hydrogen-bond acceptors (Lipinski definition) is 5. The minimum Gasteiger partial charge on any atom is -0.286 e. The zero-order chi connectivity index (χ0) is 17.8. The molecule has 0 aliphatic heterocycles. The summed E-state index contributed by atoms with van der Waals surface area (Å²) >= 11 is 7.46. The van der Waals surface area contributed by atoms with Crippen LogP contribution in [0.15, 0.2) is 46.6 Å². The van der Waals surface area contributed by atoms with E-state index in [0.717, 1.165) is 12.0 Å². The first-order valence-corrected chi connectivity index (χ1v) is 9.49. The fourth-order valence-electron chi connectivity index (χ4n) is 2.35. The molecule has 0 saturated heterocycles. The van der Waals surface area contributed by atoms with Gasteiger partial charge in [0.2, 0.25) is 0 Å². The van der Waals surface area contributed by atoms with Crippen molar-refractivity contribution in [2.24, 2.45) is 5.92 Å². The Bertz CT molecular complexity index is 925. The lowest BCUT2D eigenvalue weighted by Gasteiger charge is -2.13. The topological polar surface area (TPSA) is 60.7 Å². The second-order valence-corrected chi connectivity index (χ2v) is 7.56. The molecule has 0 spiro atoms. The number of aromatic nitrogens is 4. The summed E-state index contributed by atoms with van der Waals surface area (Å²) in [6.07, 6.45) is 3.99. The molecule has 2 aromatic heterocycles. The van der Waals surface area contributed by atoms with Gasteiger partial charge in [-0.25, -0.2) is 15.0 Å². The van der Waals surface area contributed by atoms with Crippen molar-refractivity contribution in [3.05, 3.63) is 57.6 Å². The summed E-state index contributed by atoms with van der Waals surface area (Å²) in [6, 6.07) is 7.69. The number of nitrogens with zero attached hydrogens (tertiary/aromatic N) is 4. The van der Waals surface area contributed by atoms with E-state index in [4.69, 9.17) is 11.6 Å². The highest BCUT2D eigenvalue weighted by Gasteiger charge is 2.13. The van der Waals surface area contributed by atoms with Gasteiger partial charge in [-0.1, -0.05) is 49.3 Å². The lowest BCUT2D eigenvalue weighted by Crippen LogP contribution is -2.25. The van der Waals surface area contributed by atoms with E-state index >= 15 is 0 Å². The highest BCUT2D eigenvalue weighted by molar-refractivity contribution is 7.98. The first kappa shape index (κ1) is 17.9. The average Bonchev–Trinajstić information content (AvgIpc) is 2.60. The van der Waals surface area contributed by atoms with Crippen LogP contribution in [-0.4, -0.2) is 19.5 Å². The Morgan fingerprint density at radius 2 is 1.88 bits per heavy atom. The van der Waals surface area contributed by atoms with Gasteiger partial charge in [-0.05, 0) is 30.0 Å². The third-order valence-corrected chi connectivity index (χ3v) is 5.07. The van der Waals surface area contributed by atoms with Crippen LogP contribution in [-0.2, 0) is 12.3 Å². The molecule has 7 heteroatoms. The van der Waals surface area contributed by atoms with Gasteiger partial charge in [0.15, 0.2) is 16.3 Å². The molecule has 0 unspecified atom stereocenters. The Kier molecular flexibility index (Phi) is 5.71. The Morgan fingerprint density at radius 3 is 2.60 bits per heavy atom. The molecule has 0 amide bonds. The molecule has 5 nitrogen and oxygen atoms in total. The number of thioether (sulfide) groups is 1. The monoisotopic (exact) mass is 374 g/mol. The van der Waals surface area contributed by atoms with Crippen molar-refractivity contribution in [2.75, 3.05) is 0 Å². The predicted molar refractivity (Wildman–Crippen MR) is 102 cm³/mol. The maximum Gasteiger partial charge on any atom is 0.282 e. The number of benzene rings is 1. The second-order valence-electron chi connectivity index (χ2n) is 6.18. The average molecular weight is 375 g/mol. The zero-order valence-electron chi connectivity index (χ0n) is 14.1. The van der Waals surface area contributed by atoms with Gasteiger partial charge in [0, 0.05) is 29.7 Å². The molecule has 3 rings (SSSR count). The lowest BCUT2D eigenvalue weighted by atomic mass is 10.1. The molecule has 3 aromatic rings. The molecule has 0 atom stereocenters. The van der Waals surface area contributed by atoms with E-state index in [-0.39, 0.29) is 5.56 Å². The van der Waals surface area contributed by atoms with E-state index in [0.29, 0.717) is 39.6 Å². The summed E-state index contributed by atoms with van der Waals surface area (Å²) in [6.45, 7) is 4.90. The summed E-state index contributed by atoms with van der Waals surface area (Å²) in [7, 11) is 0. The molecule has 0 fully saturated rings. The van der Waals surface area contributed by atoms with E-state index in [1.807, 2.05) is 24.3 Å². The van der Waals surface area contributed by atoms with E-state index in [9.17, 15) is 4.79 Å². The van der Waals surface area contributed by atoms with Crippen LogP contribution in [0.25, 0.3) is 11.2 Å². The molecule has 2 heterocycles. The Morgan fingerprint density at radius 1 is 1.16 bits per heavy atom. The van der Waals surface area contributed by atoms with Crippen molar-refractivity contribution in [2.45, 2.75) is 37.7 Å². The summed E-state index contributed by atoms with van der Waals surface area (Å²) in [4.78, 5) is 25.7. The van der Waals surface area contributed by atoms with Crippen molar-refractivity contribution in [3.63, 3.8) is 0 Å². The zero-order valence-corrected chi connectivity index (χ0v) is 15.7. The van der Waals surface area contributed by atoms with Gasteiger partial charge < -0.3 is 0 Å². The van der Waals surface area contributed by atoms with Gasteiger partial charge in [-0.15, -0.1) is 0 Å². The SMILES string of the molecule is CC(C)CCn1c(SCc2ccc(Cl)cc2)nc2nccnc2c1=O. The van der Waals surface area contributed by atoms with Crippen molar-refractivity contribution in [1.82, 2.24) is 19.5 Å². The highest BCUT2D eigenvalue weighted by Crippen LogP contribution is 2.23. The molecule has 0 bridgehead atoms. The molecular weight excluding hydrogens is 356 g/mol. The smallest absolute Gasteiger partial charge is 0.282 e. The first-order valence-electron chi connectivity index (χ1n) is 8.13. The van der Waals surface area contributed by atoms with Gasteiger partial charge in [0.05, 0.1) is 0 Å². The highest BCUT2D eigenvalue weighted by atomic mass is 35.5. The predicted octanol–water partition coefficient (Wildman–Crippen LogP) is 4.18. The molecule has 25 heavy (non-hydrogen) atoms. The fraction of sp³-hybridized carbons (Fsp3) is 0.333. The van der Waals surface area contributed by atoms with Crippen LogP contribution in [0, 0.1) is 5.92 Å². The molecule has 130 valence electrons. The minimum atomic E-state index is -0.127. The third kappa shape index (κ3) is 4.38. The van der Waals surface area contributed by atoms with Gasteiger partial charge in [-0.2, -0.15) is 0 Å². The summed E-state index contributed by atoms with van der Waals surface area (Å²) in [5.74, 6) is 1.20. The van der Waals surface area contributed by atoms with Crippen molar-refractivity contribution < 1.29 is 0 Å². The van der Waals surface area contributed by atoms with Gasteiger partial charge in [0.1, 0.15) is 0 Å². The minimum absolute atomic E-state index is 0.127. The van der Waals surface area contributed by atoms with Crippen LogP contribution >= 0.6 is 23.4 Å². The van der Waals surface area contributed by atoms with E-state index < -0.39 is 0 Å². The summed E-state index contributed by atoms with van der Waals surface area (Å²) < 4.78 is 1.72. The fourth-order valence-corrected chi connectivity index (χ4v) is 3.45. The standard InChI is InChI=1S/C18H19ClN4OS/c1-12(2)7-10-23-17(24)15-16(21-9-8-20-15)22-18(23)25-11-13-3-5-14(19)6-4-13/h3-6,8-9,12H,7,10-11H2,1-2H3. The molecule has 0 radical (unpaired) electrons. The van der Waals surface area contributed by atoms with E-state index in [2.05, 4.69) is 28.8 Å². The second kappa shape index (κ2) is 7.97. The van der Waals surface area contributed by atoms with Crippen molar-refractivity contribution in [1.29, 1.82) is 0 Å². The normalized spacial score (nSPS) is 11.4. The van der Waals surface area contributed by atoms with Gasteiger partial charge in [0.25, 0.3) is 5.56 Å². The number of rotatable bonds is 6. The van der Waals surface area contributed by atoms with Crippen LogP contribution in [0.1, 0.15) is 25.8 Å². The van der Waals surface area contributed by atoms with Crippen LogP contribution in [0.4, 0.5) is 0 Å². The van der Waals surface area contributed by atoms with Crippen molar-refractivity contribution in [3.8, 4) is 0 Å². The van der Waals surface area contributed by atoms with Crippen LogP contribution in [0.5, 0.6) is 0 Å². The maximum atomic E-state index is 12.8. The molecule has 0 N–H and O–H groups in total. The van der Waals surface area contributed by atoms with Gasteiger partial charge >= 0.3 is 0 Å². The van der Waals surface area contributed by atoms with Gasteiger partial charge in [-0.3, -0.25) is 9.36 Å².